The molecule has 2 aromatic heterocycles. The number of para-hydroxylation sites is 4. The topological polar surface area (TPSA) is 55.3 Å². The standard InChI is InChI=1S/C46H29N3O2/c1-2-9-34-29-40-35(28-33(34)8-1)10-7-11-39(40)30-16-22-36(23-17-30)49(37-24-18-31(19-25-37)45-47-41-12-3-5-14-43(41)50-45)38-26-20-32(21-27-38)46-48-42-13-4-6-15-44(42)51-46/h1-29H. The van der Waals surface area contributed by atoms with Crippen molar-refractivity contribution in [3.8, 4) is 34.0 Å². The summed E-state index contributed by atoms with van der Waals surface area (Å²) >= 11 is 0. The molecule has 51 heavy (non-hydrogen) atoms. The molecule has 2 heterocycles. The molecular weight excluding hydrogens is 627 g/mol. The summed E-state index contributed by atoms with van der Waals surface area (Å²) in [6.07, 6.45) is 0. The Bertz CT molecular complexity index is 2670. The quantitative estimate of drug-likeness (QED) is 0.167. The van der Waals surface area contributed by atoms with Gasteiger partial charge in [-0.1, -0.05) is 78.9 Å². The van der Waals surface area contributed by atoms with Crippen molar-refractivity contribution in [2.75, 3.05) is 4.90 Å². The van der Waals surface area contributed by atoms with Crippen LogP contribution in [-0.2, 0) is 0 Å². The van der Waals surface area contributed by atoms with Gasteiger partial charge in [0, 0.05) is 28.2 Å². The minimum atomic E-state index is 0.601. The first-order valence-electron chi connectivity index (χ1n) is 17.0. The number of oxazole rings is 2. The van der Waals surface area contributed by atoms with Crippen LogP contribution in [0, 0.1) is 0 Å². The van der Waals surface area contributed by atoms with Gasteiger partial charge in [0.25, 0.3) is 0 Å². The fourth-order valence-electron chi connectivity index (χ4n) is 6.95. The van der Waals surface area contributed by atoms with Crippen molar-refractivity contribution >= 4 is 60.8 Å². The SMILES string of the molecule is c1ccc2cc3c(-c4ccc(N(c5ccc(-c6nc7ccccc7o6)cc5)c5ccc(-c6nc7ccccc7o6)cc5)cc4)cccc3cc2c1. The summed E-state index contributed by atoms with van der Waals surface area (Å²) in [5.74, 6) is 1.20. The van der Waals surface area contributed by atoms with Gasteiger partial charge in [-0.15, -0.1) is 0 Å². The lowest BCUT2D eigenvalue weighted by Crippen LogP contribution is -2.09. The number of hydrogen-bond acceptors (Lipinski definition) is 5. The second-order valence-corrected chi connectivity index (χ2v) is 12.7. The summed E-state index contributed by atoms with van der Waals surface area (Å²) in [6.45, 7) is 0. The number of anilines is 3. The zero-order valence-electron chi connectivity index (χ0n) is 27.4. The van der Waals surface area contributed by atoms with Crippen LogP contribution in [0.5, 0.6) is 0 Å². The van der Waals surface area contributed by atoms with Gasteiger partial charge < -0.3 is 13.7 Å². The van der Waals surface area contributed by atoms with E-state index in [4.69, 9.17) is 18.8 Å². The smallest absolute Gasteiger partial charge is 0.227 e. The molecule has 10 rings (SSSR count). The van der Waals surface area contributed by atoms with Crippen LogP contribution in [0.1, 0.15) is 0 Å². The predicted octanol–water partition coefficient (Wildman–Crippen LogP) is 12.7. The lowest BCUT2D eigenvalue weighted by molar-refractivity contribution is 0.619. The summed E-state index contributed by atoms with van der Waals surface area (Å²) in [5, 5.41) is 4.96. The summed E-state index contributed by atoms with van der Waals surface area (Å²) < 4.78 is 12.1. The van der Waals surface area contributed by atoms with Crippen LogP contribution in [0.3, 0.4) is 0 Å². The molecule has 0 aliphatic heterocycles. The van der Waals surface area contributed by atoms with Crippen molar-refractivity contribution < 1.29 is 8.83 Å². The molecule has 5 heteroatoms. The van der Waals surface area contributed by atoms with Gasteiger partial charge >= 0.3 is 0 Å². The van der Waals surface area contributed by atoms with Crippen LogP contribution >= 0.6 is 0 Å². The average Bonchev–Trinajstić information content (AvgIpc) is 3.83. The third-order valence-electron chi connectivity index (χ3n) is 9.52. The van der Waals surface area contributed by atoms with Gasteiger partial charge in [0.1, 0.15) is 11.0 Å². The van der Waals surface area contributed by atoms with E-state index in [2.05, 4.69) is 132 Å². The van der Waals surface area contributed by atoms with E-state index in [1.54, 1.807) is 0 Å². The Hall–Kier alpha value is -6.98. The van der Waals surface area contributed by atoms with Gasteiger partial charge in [0.05, 0.1) is 0 Å². The zero-order valence-corrected chi connectivity index (χ0v) is 27.4. The highest BCUT2D eigenvalue weighted by molar-refractivity contribution is 6.05. The van der Waals surface area contributed by atoms with Crippen molar-refractivity contribution in [2.45, 2.75) is 0 Å². The van der Waals surface area contributed by atoms with Crippen LogP contribution in [0.2, 0.25) is 0 Å². The monoisotopic (exact) mass is 655 g/mol. The zero-order chi connectivity index (χ0) is 33.7. The number of aromatic nitrogens is 2. The van der Waals surface area contributed by atoms with E-state index in [1.165, 1.54) is 27.1 Å². The second kappa shape index (κ2) is 11.9. The fourth-order valence-corrected chi connectivity index (χ4v) is 6.95. The molecule has 0 spiro atoms. The number of rotatable bonds is 6. The lowest BCUT2D eigenvalue weighted by atomic mass is 9.95. The van der Waals surface area contributed by atoms with Crippen LogP contribution < -0.4 is 4.90 Å². The molecule has 0 saturated carbocycles. The van der Waals surface area contributed by atoms with E-state index < -0.39 is 0 Å². The molecule has 0 fully saturated rings. The van der Waals surface area contributed by atoms with Crippen LogP contribution in [0.4, 0.5) is 17.1 Å². The molecule has 0 N–H and O–H groups in total. The molecule has 10 aromatic rings. The summed E-state index contributed by atoms with van der Waals surface area (Å²) in [6, 6.07) is 60.9. The van der Waals surface area contributed by atoms with E-state index in [1.807, 2.05) is 48.5 Å². The molecule has 0 bridgehead atoms. The van der Waals surface area contributed by atoms with E-state index in [9.17, 15) is 0 Å². The molecule has 0 saturated heterocycles. The molecule has 0 aliphatic rings. The Balaban J connectivity index is 1.04. The second-order valence-electron chi connectivity index (χ2n) is 12.7. The van der Waals surface area contributed by atoms with E-state index in [-0.39, 0.29) is 0 Å². The Labute approximate surface area is 293 Å². The molecule has 8 aromatic carbocycles. The Morgan fingerprint density at radius 1 is 0.373 bits per heavy atom. The molecule has 0 unspecified atom stereocenters. The van der Waals surface area contributed by atoms with Crippen molar-refractivity contribution in [2.24, 2.45) is 0 Å². The van der Waals surface area contributed by atoms with E-state index in [0.29, 0.717) is 11.8 Å². The normalized spacial score (nSPS) is 11.5. The van der Waals surface area contributed by atoms with Crippen LogP contribution in [0.15, 0.2) is 185 Å². The maximum absolute atomic E-state index is 6.07. The molecular formula is C46H29N3O2. The van der Waals surface area contributed by atoms with E-state index in [0.717, 1.165) is 56.0 Å². The van der Waals surface area contributed by atoms with Gasteiger partial charge in [-0.2, -0.15) is 0 Å². The molecule has 240 valence electrons. The molecule has 5 nitrogen and oxygen atoms in total. The van der Waals surface area contributed by atoms with Crippen molar-refractivity contribution in [1.82, 2.24) is 9.97 Å². The van der Waals surface area contributed by atoms with Crippen LogP contribution in [0.25, 0.3) is 77.8 Å². The maximum Gasteiger partial charge on any atom is 0.227 e. The van der Waals surface area contributed by atoms with E-state index >= 15 is 0 Å². The van der Waals surface area contributed by atoms with Gasteiger partial charge in [0.2, 0.25) is 11.8 Å². The fraction of sp³-hybridized carbons (Fsp3) is 0. The minimum Gasteiger partial charge on any atom is -0.436 e. The summed E-state index contributed by atoms with van der Waals surface area (Å²) in [5.41, 5.74) is 10.5. The first kappa shape index (κ1) is 29.0. The maximum atomic E-state index is 6.07. The van der Waals surface area contributed by atoms with Gasteiger partial charge in [0.15, 0.2) is 11.2 Å². The third kappa shape index (κ3) is 5.20. The molecule has 0 atom stereocenters. The highest BCUT2D eigenvalue weighted by Gasteiger charge is 2.16. The predicted molar refractivity (Wildman–Crippen MR) is 208 cm³/mol. The Morgan fingerprint density at radius 2 is 0.824 bits per heavy atom. The molecule has 0 radical (unpaired) electrons. The van der Waals surface area contributed by atoms with Crippen molar-refractivity contribution in [3.05, 3.63) is 176 Å². The number of hydrogen-bond donors (Lipinski definition) is 0. The Morgan fingerprint density at radius 3 is 1.35 bits per heavy atom. The number of fused-ring (bicyclic) bond motifs is 4. The van der Waals surface area contributed by atoms with Crippen molar-refractivity contribution in [3.63, 3.8) is 0 Å². The summed E-state index contributed by atoms with van der Waals surface area (Å²) in [7, 11) is 0. The first-order chi connectivity index (χ1) is 25.2. The average molecular weight is 656 g/mol. The van der Waals surface area contributed by atoms with Gasteiger partial charge in [-0.25, -0.2) is 9.97 Å². The molecule has 0 aliphatic carbocycles. The highest BCUT2D eigenvalue weighted by Crippen LogP contribution is 2.39. The lowest BCUT2D eigenvalue weighted by Gasteiger charge is -2.26. The number of nitrogens with zero attached hydrogens (tertiary/aromatic N) is 3. The largest absolute Gasteiger partial charge is 0.436 e. The van der Waals surface area contributed by atoms with Crippen molar-refractivity contribution in [1.29, 1.82) is 0 Å². The summed E-state index contributed by atoms with van der Waals surface area (Å²) in [4.78, 5) is 11.7. The minimum absolute atomic E-state index is 0.601. The number of benzene rings is 8. The highest BCUT2D eigenvalue weighted by atomic mass is 16.4. The van der Waals surface area contributed by atoms with Gasteiger partial charge in [-0.3, -0.25) is 0 Å². The third-order valence-corrected chi connectivity index (χ3v) is 9.52. The first-order valence-corrected chi connectivity index (χ1v) is 17.0. The Kier molecular flexibility index (Phi) is 6.74. The molecule has 0 amide bonds. The van der Waals surface area contributed by atoms with Crippen LogP contribution in [-0.4, -0.2) is 9.97 Å². The van der Waals surface area contributed by atoms with Gasteiger partial charge in [-0.05, 0) is 130 Å².